The summed E-state index contributed by atoms with van der Waals surface area (Å²) in [6.07, 6.45) is 1.82. The molecule has 0 amide bonds. The van der Waals surface area contributed by atoms with Gasteiger partial charge in [-0.3, -0.25) is 9.69 Å². The van der Waals surface area contributed by atoms with Crippen LogP contribution < -0.4 is 10.5 Å². The summed E-state index contributed by atoms with van der Waals surface area (Å²) in [4.78, 5) is 33.6. The van der Waals surface area contributed by atoms with Crippen molar-refractivity contribution in [3.8, 4) is 11.4 Å². The highest BCUT2D eigenvalue weighted by atomic mass is 16.1. The molecule has 0 unspecified atom stereocenters. The summed E-state index contributed by atoms with van der Waals surface area (Å²) in [7, 11) is 0. The zero-order valence-corrected chi connectivity index (χ0v) is 16.5. The maximum atomic E-state index is 12.3. The summed E-state index contributed by atoms with van der Waals surface area (Å²) in [5.41, 5.74) is 1.68. The number of fused-ring (bicyclic) bond motifs is 1. The summed E-state index contributed by atoms with van der Waals surface area (Å²) in [6.45, 7) is 4.11. The second-order valence-electron chi connectivity index (χ2n) is 7.40. The Hall–Kier alpha value is -3.58. The van der Waals surface area contributed by atoms with E-state index < -0.39 is 0 Å². The van der Waals surface area contributed by atoms with Crippen molar-refractivity contribution in [2.75, 3.05) is 31.1 Å². The molecular formula is C23H22N6O. The predicted octanol–water partition coefficient (Wildman–Crippen LogP) is 2.70. The minimum atomic E-state index is -0.0799. The van der Waals surface area contributed by atoms with E-state index in [1.165, 1.54) is 0 Å². The first-order valence-corrected chi connectivity index (χ1v) is 10.1. The lowest BCUT2D eigenvalue weighted by Crippen LogP contribution is -2.46. The molecule has 30 heavy (non-hydrogen) atoms. The number of aromatic nitrogens is 4. The fourth-order valence-electron chi connectivity index (χ4n) is 3.81. The van der Waals surface area contributed by atoms with E-state index in [1.54, 1.807) is 6.07 Å². The topological polar surface area (TPSA) is 78.0 Å². The number of nitrogens with one attached hydrogen (secondary N) is 1. The number of nitrogens with zero attached hydrogens (tertiary/aromatic N) is 5. The molecule has 7 nitrogen and oxygen atoms in total. The average molecular weight is 398 g/mol. The predicted molar refractivity (Wildman–Crippen MR) is 117 cm³/mol. The van der Waals surface area contributed by atoms with Crippen molar-refractivity contribution >= 4 is 16.7 Å². The quantitative estimate of drug-likeness (QED) is 0.570. The normalized spacial score (nSPS) is 14.9. The van der Waals surface area contributed by atoms with Crippen molar-refractivity contribution in [1.29, 1.82) is 0 Å². The molecule has 0 saturated carbocycles. The number of benzene rings is 2. The van der Waals surface area contributed by atoms with Crippen molar-refractivity contribution < 1.29 is 0 Å². The van der Waals surface area contributed by atoms with Gasteiger partial charge in [-0.15, -0.1) is 0 Å². The van der Waals surface area contributed by atoms with Crippen LogP contribution in [0.3, 0.4) is 0 Å². The van der Waals surface area contributed by atoms with Crippen LogP contribution in [0.5, 0.6) is 0 Å². The number of piperazine rings is 1. The molecule has 7 heteroatoms. The third-order valence-corrected chi connectivity index (χ3v) is 5.40. The van der Waals surface area contributed by atoms with Gasteiger partial charge in [-0.25, -0.2) is 15.0 Å². The van der Waals surface area contributed by atoms with E-state index in [9.17, 15) is 4.79 Å². The molecule has 1 aliphatic heterocycles. The van der Waals surface area contributed by atoms with Crippen LogP contribution in [-0.2, 0) is 6.54 Å². The van der Waals surface area contributed by atoms with Crippen molar-refractivity contribution in [3.63, 3.8) is 0 Å². The van der Waals surface area contributed by atoms with Gasteiger partial charge in [0.15, 0.2) is 5.82 Å². The SMILES string of the molecule is O=c1[nH]c(CN2CCN(c3ccnc(-c4ccccc4)n3)CC2)nc2ccccc12. The lowest BCUT2D eigenvalue weighted by atomic mass is 10.2. The molecule has 1 N–H and O–H groups in total. The number of H-pyrrole nitrogens is 1. The van der Waals surface area contributed by atoms with Gasteiger partial charge in [0.1, 0.15) is 11.6 Å². The molecule has 0 spiro atoms. The standard InChI is InChI=1S/C23H22N6O/c30-23-18-8-4-5-9-19(18)25-20(26-23)16-28-12-14-29(15-13-28)21-10-11-24-22(27-21)17-6-2-1-3-7-17/h1-11H,12-16H2,(H,25,26,30). The Kier molecular flexibility index (Phi) is 4.94. The largest absolute Gasteiger partial charge is 0.354 e. The van der Waals surface area contributed by atoms with Gasteiger partial charge in [-0.2, -0.15) is 0 Å². The van der Waals surface area contributed by atoms with Crippen LogP contribution in [0.4, 0.5) is 5.82 Å². The van der Waals surface area contributed by atoms with Gasteiger partial charge in [0.25, 0.3) is 5.56 Å². The van der Waals surface area contributed by atoms with Gasteiger partial charge in [0.05, 0.1) is 17.4 Å². The van der Waals surface area contributed by atoms with E-state index >= 15 is 0 Å². The van der Waals surface area contributed by atoms with E-state index in [0.717, 1.165) is 48.9 Å². The van der Waals surface area contributed by atoms with Crippen LogP contribution in [0.25, 0.3) is 22.3 Å². The van der Waals surface area contributed by atoms with Crippen LogP contribution in [0.2, 0.25) is 0 Å². The Labute approximate surface area is 174 Å². The van der Waals surface area contributed by atoms with Crippen LogP contribution in [0.1, 0.15) is 5.82 Å². The first kappa shape index (κ1) is 18.4. The second-order valence-corrected chi connectivity index (χ2v) is 7.40. The third kappa shape index (κ3) is 3.79. The van der Waals surface area contributed by atoms with E-state index in [2.05, 4.69) is 24.8 Å². The zero-order valence-electron chi connectivity index (χ0n) is 16.5. The number of rotatable bonds is 4. The molecule has 2 aromatic carbocycles. The highest BCUT2D eigenvalue weighted by Gasteiger charge is 2.19. The van der Waals surface area contributed by atoms with E-state index in [4.69, 9.17) is 4.98 Å². The van der Waals surface area contributed by atoms with Gasteiger partial charge < -0.3 is 9.88 Å². The number of anilines is 1. The number of hydrogen-bond donors (Lipinski definition) is 1. The van der Waals surface area contributed by atoms with Gasteiger partial charge in [0.2, 0.25) is 0 Å². The zero-order chi connectivity index (χ0) is 20.3. The Morgan fingerprint density at radius 1 is 0.867 bits per heavy atom. The highest BCUT2D eigenvalue weighted by molar-refractivity contribution is 5.77. The average Bonchev–Trinajstić information content (AvgIpc) is 2.80. The van der Waals surface area contributed by atoms with Crippen molar-refractivity contribution in [2.24, 2.45) is 0 Å². The summed E-state index contributed by atoms with van der Waals surface area (Å²) >= 11 is 0. The van der Waals surface area contributed by atoms with E-state index in [-0.39, 0.29) is 5.56 Å². The Morgan fingerprint density at radius 3 is 2.47 bits per heavy atom. The first-order chi connectivity index (χ1) is 14.8. The van der Waals surface area contributed by atoms with E-state index in [1.807, 2.05) is 60.8 Å². The molecule has 3 heterocycles. The molecule has 1 aliphatic rings. The molecule has 1 fully saturated rings. The van der Waals surface area contributed by atoms with Crippen molar-refractivity contribution in [2.45, 2.75) is 6.54 Å². The van der Waals surface area contributed by atoms with Gasteiger partial charge >= 0.3 is 0 Å². The third-order valence-electron chi connectivity index (χ3n) is 5.40. The van der Waals surface area contributed by atoms with Crippen LogP contribution >= 0.6 is 0 Å². The maximum Gasteiger partial charge on any atom is 0.258 e. The van der Waals surface area contributed by atoms with Crippen LogP contribution in [0.15, 0.2) is 71.7 Å². The number of para-hydroxylation sites is 1. The number of aromatic amines is 1. The van der Waals surface area contributed by atoms with Crippen LogP contribution in [0, 0.1) is 0 Å². The number of hydrogen-bond acceptors (Lipinski definition) is 6. The molecule has 4 aromatic rings. The molecule has 150 valence electrons. The summed E-state index contributed by atoms with van der Waals surface area (Å²) in [6, 6.07) is 19.4. The van der Waals surface area contributed by atoms with Crippen LogP contribution in [-0.4, -0.2) is 51.0 Å². The molecule has 0 radical (unpaired) electrons. The Balaban J connectivity index is 1.26. The smallest absolute Gasteiger partial charge is 0.258 e. The van der Waals surface area contributed by atoms with Crippen molar-refractivity contribution in [1.82, 2.24) is 24.8 Å². The monoisotopic (exact) mass is 398 g/mol. The van der Waals surface area contributed by atoms with E-state index in [0.29, 0.717) is 17.8 Å². The fourth-order valence-corrected chi connectivity index (χ4v) is 3.81. The fraction of sp³-hybridized carbons (Fsp3) is 0.217. The summed E-state index contributed by atoms with van der Waals surface area (Å²) in [5.74, 6) is 2.40. The molecular weight excluding hydrogens is 376 g/mol. The molecule has 0 aliphatic carbocycles. The van der Waals surface area contributed by atoms with Gasteiger partial charge in [0, 0.05) is 37.9 Å². The molecule has 1 saturated heterocycles. The Morgan fingerprint density at radius 2 is 1.63 bits per heavy atom. The minimum absolute atomic E-state index is 0.0799. The molecule has 2 aromatic heterocycles. The summed E-state index contributed by atoms with van der Waals surface area (Å²) < 4.78 is 0. The van der Waals surface area contributed by atoms with Crippen molar-refractivity contribution in [3.05, 3.63) is 83.0 Å². The lowest BCUT2D eigenvalue weighted by Gasteiger charge is -2.35. The first-order valence-electron chi connectivity index (χ1n) is 10.1. The lowest BCUT2D eigenvalue weighted by molar-refractivity contribution is 0.243. The minimum Gasteiger partial charge on any atom is -0.354 e. The van der Waals surface area contributed by atoms with Gasteiger partial charge in [-0.05, 0) is 18.2 Å². The van der Waals surface area contributed by atoms with Gasteiger partial charge in [-0.1, -0.05) is 42.5 Å². The highest BCUT2D eigenvalue weighted by Crippen LogP contribution is 2.19. The molecule has 5 rings (SSSR count). The molecule has 0 bridgehead atoms. The second kappa shape index (κ2) is 8.04. The Bertz CT molecular complexity index is 1220. The summed E-state index contributed by atoms with van der Waals surface area (Å²) in [5, 5.41) is 0.629. The molecule has 0 atom stereocenters. The maximum absolute atomic E-state index is 12.3.